The summed E-state index contributed by atoms with van der Waals surface area (Å²) >= 11 is 0. The number of anilines is 1. The van der Waals surface area contributed by atoms with E-state index in [9.17, 15) is 4.79 Å². The molecular weight excluding hydrogens is 200 g/mol. The molecule has 1 amide bonds. The van der Waals surface area contributed by atoms with E-state index in [1.165, 1.54) is 0 Å². The van der Waals surface area contributed by atoms with Gasteiger partial charge in [-0.1, -0.05) is 32.0 Å². The Bertz CT molecular complexity index is 348. The van der Waals surface area contributed by atoms with Gasteiger partial charge < -0.3 is 11.1 Å². The second-order valence-corrected chi connectivity index (χ2v) is 4.41. The minimum atomic E-state index is 0.0403. The van der Waals surface area contributed by atoms with Crippen LogP contribution in [0.5, 0.6) is 0 Å². The summed E-state index contributed by atoms with van der Waals surface area (Å²) in [7, 11) is 0. The van der Waals surface area contributed by atoms with E-state index in [0.29, 0.717) is 18.0 Å². The highest BCUT2D eigenvalue weighted by atomic mass is 16.1. The number of carbonyl (C=O) groups is 1. The largest absolute Gasteiger partial charge is 0.398 e. The third-order valence-corrected chi connectivity index (χ3v) is 2.45. The molecule has 0 aliphatic heterocycles. The van der Waals surface area contributed by atoms with E-state index in [-0.39, 0.29) is 5.91 Å². The zero-order valence-corrected chi connectivity index (χ0v) is 9.99. The number of hydrogen-bond acceptors (Lipinski definition) is 2. The van der Waals surface area contributed by atoms with Gasteiger partial charge in [-0.3, -0.25) is 4.79 Å². The van der Waals surface area contributed by atoms with E-state index < -0.39 is 0 Å². The Morgan fingerprint density at radius 2 is 2.06 bits per heavy atom. The van der Waals surface area contributed by atoms with Crippen LogP contribution in [0.4, 0.5) is 5.69 Å². The average Bonchev–Trinajstić information content (AvgIpc) is 2.21. The molecule has 0 aliphatic carbocycles. The van der Waals surface area contributed by atoms with Crippen molar-refractivity contribution in [3.8, 4) is 0 Å². The van der Waals surface area contributed by atoms with Crippen molar-refractivity contribution >= 4 is 11.6 Å². The molecule has 0 saturated carbocycles. The summed E-state index contributed by atoms with van der Waals surface area (Å²) in [6.45, 7) is 5.02. The summed E-state index contributed by atoms with van der Waals surface area (Å²) in [5, 5.41) is 2.90. The van der Waals surface area contributed by atoms with Gasteiger partial charge in [-0.05, 0) is 24.0 Å². The van der Waals surface area contributed by atoms with E-state index in [1.54, 1.807) is 0 Å². The molecule has 16 heavy (non-hydrogen) atoms. The summed E-state index contributed by atoms with van der Waals surface area (Å²) in [6.07, 6.45) is 1.38. The quantitative estimate of drug-likeness (QED) is 0.745. The Hall–Kier alpha value is -1.51. The zero-order valence-electron chi connectivity index (χ0n) is 9.99. The molecule has 0 aromatic heterocycles. The number of para-hydroxylation sites is 1. The van der Waals surface area contributed by atoms with Gasteiger partial charge in [0.25, 0.3) is 0 Å². The first-order chi connectivity index (χ1) is 7.59. The lowest BCUT2D eigenvalue weighted by Crippen LogP contribution is -2.27. The van der Waals surface area contributed by atoms with Crippen molar-refractivity contribution in [2.75, 3.05) is 12.3 Å². The molecule has 0 saturated heterocycles. The van der Waals surface area contributed by atoms with E-state index in [2.05, 4.69) is 19.2 Å². The predicted molar refractivity (Wildman–Crippen MR) is 67.0 cm³/mol. The molecule has 0 unspecified atom stereocenters. The van der Waals surface area contributed by atoms with Crippen LogP contribution in [0, 0.1) is 5.92 Å². The lowest BCUT2D eigenvalue weighted by molar-refractivity contribution is -0.120. The molecule has 1 rings (SSSR count). The van der Waals surface area contributed by atoms with Crippen LogP contribution in [0.2, 0.25) is 0 Å². The van der Waals surface area contributed by atoms with Gasteiger partial charge in [-0.15, -0.1) is 0 Å². The van der Waals surface area contributed by atoms with Crippen LogP contribution < -0.4 is 11.1 Å². The molecule has 3 N–H and O–H groups in total. The molecule has 1 aromatic rings. The van der Waals surface area contributed by atoms with Crippen molar-refractivity contribution in [2.24, 2.45) is 5.92 Å². The maximum Gasteiger partial charge on any atom is 0.224 e. The smallest absolute Gasteiger partial charge is 0.224 e. The highest BCUT2D eigenvalue weighted by Crippen LogP contribution is 2.10. The third kappa shape index (κ3) is 4.34. The van der Waals surface area contributed by atoms with Crippen LogP contribution in [0.3, 0.4) is 0 Å². The van der Waals surface area contributed by atoms with Crippen LogP contribution in [-0.2, 0) is 11.2 Å². The molecular formula is C13H20N2O. The predicted octanol–water partition coefficient (Wildman–Crippen LogP) is 1.97. The van der Waals surface area contributed by atoms with Crippen LogP contribution in [0.1, 0.15) is 25.8 Å². The van der Waals surface area contributed by atoms with Crippen molar-refractivity contribution < 1.29 is 4.79 Å². The van der Waals surface area contributed by atoms with E-state index in [0.717, 1.165) is 18.5 Å². The average molecular weight is 220 g/mol. The number of rotatable bonds is 5. The second kappa shape index (κ2) is 6.16. The number of nitrogens with one attached hydrogen (secondary N) is 1. The van der Waals surface area contributed by atoms with Crippen molar-refractivity contribution in [3.63, 3.8) is 0 Å². The summed E-state index contributed by atoms with van der Waals surface area (Å²) in [6, 6.07) is 7.47. The van der Waals surface area contributed by atoms with E-state index in [1.807, 2.05) is 24.3 Å². The molecule has 1 aromatic carbocycles. The SMILES string of the molecule is CC(C)CCNC(=O)Cc1ccccc1N. The normalized spacial score (nSPS) is 10.4. The first kappa shape index (κ1) is 12.6. The molecule has 3 nitrogen and oxygen atoms in total. The van der Waals surface area contributed by atoms with Gasteiger partial charge in [0.15, 0.2) is 0 Å². The summed E-state index contributed by atoms with van der Waals surface area (Å²) in [5.74, 6) is 0.653. The minimum Gasteiger partial charge on any atom is -0.398 e. The number of carbonyl (C=O) groups excluding carboxylic acids is 1. The van der Waals surface area contributed by atoms with Crippen LogP contribution in [0.15, 0.2) is 24.3 Å². The Morgan fingerprint density at radius 1 is 1.38 bits per heavy atom. The topological polar surface area (TPSA) is 55.1 Å². The lowest BCUT2D eigenvalue weighted by Gasteiger charge is -2.08. The van der Waals surface area contributed by atoms with Gasteiger partial charge in [0.1, 0.15) is 0 Å². The monoisotopic (exact) mass is 220 g/mol. The standard InChI is InChI=1S/C13H20N2O/c1-10(2)7-8-15-13(16)9-11-5-3-4-6-12(11)14/h3-6,10H,7-9,14H2,1-2H3,(H,15,16). The fourth-order valence-electron chi connectivity index (χ4n) is 1.43. The summed E-state index contributed by atoms with van der Waals surface area (Å²) in [4.78, 5) is 11.6. The first-order valence-electron chi connectivity index (χ1n) is 5.69. The van der Waals surface area contributed by atoms with Gasteiger partial charge in [0.05, 0.1) is 6.42 Å². The fraction of sp³-hybridized carbons (Fsp3) is 0.462. The molecule has 0 bridgehead atoms. The van der Waals surface area contributed by atoms with Crippen molar-refractivity contribution in [2.45, 2.75) is 26.7 Å². The number of nitrogen functional groups attached to an aromatic ring is 1. The highest BCUT2D eigenvalue weighted by molar-refractivity contribution is 5.80. The van der Waals surface area contributed by atoms with E-state index >= 15 is 0 Å². The second-order valence-electron chi connectivity index (χ2n) is 4.41. The van der Waals surface area contributed by atoms with Crippen LogP contribution in [-0.4, -0.2) is 12.5 Å². The molecule has 0 heterocycles. The number of benzene rings is 1. The van der Waals surface area contributed by atoms with Gasteiger partial charge in [0, 0.05) is 12.2 Å². The molecule has 0 radical (unpaired) electrons. The minimum absolute atomic E-state index is 0.0403. The number of nitrogens with two attached hydrogens (primary N) is 1. The Balaban J connectivity index is 2.37. The molecule has 3 heteroatoms. The van der Waals surface area contributed by atoms with Crippen LogP contribution in [0.25, 0.3) is 0 Å². The molecule has 0 fully saturated rings. The molecule has 0 aliphatic rings. The van der Waals surface area contributed by atoms with Crippen molar-refractivity contribution in [3.05, 3.63) is 29.8 Å². The third-order valence-electron chi connectivity index (χ3n) is 2.45. The fourth-order valence-corrected chi connectivity index (χ4v) is 1.43. The van der Waals surface area contributed by atoms with Crippen molar-refractivity contribution in [1.82, 2.24) is 5.32 Å². The lowest BCUT2D eigenvalue weighted by atomic mass is 10.1. The van der Waals surface area contributed by atoms with Crippen molar-refractivity contribution in [1.29, 1.82) is 0 Å². The van der Waals surface area contributed by atoms with Gasteiger partial charge in [0.2, 0.25) is 5.91 Å². The van der Waals surface area contributed by atoms with E-state index in [4.69, 9.17) is 5.73 Å². The highest BCUT2D eigenvalue weighted by Gasteiger charge is 2.05. The number of hydrogen-bond donors (Lipinski definition) is 2. The summed E-state index contributed by atoms with van der Waals surface area (Å²) < 4.78 is 0. The van der Waals surface area contributed by atoms with Gasteiger partial charge in [-0.2, -0.15) is 0 Å². The Kier molecular flexibility index (Phi) is 4.83. The molecule has 0 atom stereocenters. The Morgan fingerprint density at radius 3 is 2.69 bits per heavy atom. The summed E-state index contributed by atoms with van der Waals surface area (Å²) in [5.41, 5.74) is 7.34. The van der Waals surface area contributed by atoms with Gasteiger partial charge >= 0.3 is 0 Å². The maximum absolute atomic E-state index is 11.6. The maximum atomic E-state index is 11.6. The Labute approximate surface area is 97.0 Å². The van der Waals surface area contributed by atoms with Gasteiger partial charge in [-0.25, -0.2) is 0 Å². The zero-order chi connectivity index (χ0) is 12.0. The molecule has 88 valence electrons. The number of amides is 1. The van der Waals surface area contributed by atoms with Crippen LogP contribution >= 0.6 is 0 Å². The molecule has 0 spiro atoms. The first-order valence-corrected chi connectivity index (χ1v) is 5.69.